The fourth-order valence-electron chi connectivity index (χ4n) is 3.68. The number of fused-ring (bicyclic) bond motifs is 2. The molecule has 0 aromatic heterocycles. The number of hydrogen-bond acceptors (Lipinski definition) is 3. The molecule has 0 saturated carbocycles. The van der Waals surface area contributed by atoms with Crippen LogP contribution in [0.25, 0.3) is 0 Å². The summed E-state index contributed by atoms with van der Waals surface area (Å²) in [6.07, 6.45) is 1.14. The minimum atomic E-state index is 0.521. The Morgan fingerprint density at radius 3 is 2.58 bits per heavy atom. The van der Waals surface area contributed by atoms with Crippen molar-refractivity contribution >= 4 is 31.2 Å². The fourth-order valence-corrected chi connectivity index (χ4v) is 5.73. The molecule has 0 amide bonds. The van der Waals surface area contributed by atoms with E-state index < -0.39 is 0 Å². The van der Waals surface area contributed by atoms with Crippen LogP contribution >= 0.6 is 11.8 Å². The van der Waals surface area contributed by atoms with E-state index in [4.69, 9.17) is 0 Å². The van der Waals surface area contributed by atoms with Crippen molar-refractivity contribution in [2.75, 3.05) is 33.2 Å². The van der Waals surface area contributed by atoms with Gasteiger partial charge in [-0.05, 0) is 0 Å². The average molecular weight is 403 g/mol. The predicted octanol–water partition coefficient (Wildman–Crippen LogP) is 3.06. The third-order valence-electron chi connectivity index (χ3n) is 5.16. The second-order valence-electron chi connectivity index (χ2n) is 6.67. The van der Waals surface area contributed by atoms with E-state index in [1.807, 2.05) is 11.8 Å². The Kier molecular flexibility index (Phi) is 5.03. The normalized spacial score (nSPS) is 21.8. The molecule has 1 atom stereocenters. The first-order chi connectivity index (χ1) is 11.7. The van der Waals surface area contributed by atoms with Crippen molar-refractivity contribution in [1.29, 1.82) is 0 Å². The van der Waals surface area contributed by atoms with E-state index in [2.05, 4.69) is 65.1 Å². The quantitative estimate of drug-likeness (QED) is 0.712. The van der Waals surface area contributed by atoms with Gasteiger partial charge in [0.2, 0.25) is 0 Å². The van der Waals surface area contributed by atoms with Crippen LogP contribution in [0.3, 0.4) is 0 Å². The molecule has 2 nitrogen and oxygen atoms in total. The van der Waals surface area contributed by atoms with Gasteiger partial charge in [0.15, 0.2) is 0 Å². The van der Waals surface area contributed by atoms with Gasteiger partial charge in [0.05, 0.1) is 0 Å². The summed E-state index contributed by atoms with van der Waals surface area (Å²) < 4.78 is 1.52. The Bertz CT molecular complexity index is 725. The Morgan fingerprint density at radius 1 is 1.00 bits per heavy atom. The zero-order chi connectivity index (χ0) is 16.5. The summed E-state index contributed by atoms with van der Waals surface area (Å²) in [5.74, 6) is 2.32. The van der Waals surface area contributed by atoms with Crippen molar-refractivity contribution in [2.24, 2.45) is 0 Å². The summed E-state index contributed by atoms with van der Waals surface area (Å²) in [4.78, 5) is 8.05. The molecule has 1 fully saturated rings. The fraction of sp³-hybridized carbons (Fsp3) is 0.400. The van der Waals surface area contributed by atoms with Crippen LogP contribution in [0.4, 0.5) is 0 Å². The van der Waals surface area contributed by atoms with E-state index in [0.29, 0.717) is 21.0 Å². The molecule has 126 valence electrons. The number of likely N-dealkylation sites (N-methyl/N-ethyl adjacent to an activating group) is 1. The summed E-state index contributed by atoms with van der Waals surface area (Å²) >= 11 is 2.52. The van der Waals surface area contributed by atoms with Gasteiger partial charge in [-0.25, -0.2) is 0 Å². The summed E-state index contributed by atoms with van der Waals surface area (Å²) in [5.41, 5.74) is 3.06. The van der Waals surface area contributed by atoms with E-state index in [1.165, 1.54) is 46.0 Å². The van der Waals surface area contributed by atoms with Gasteiger partial charge in [-0.1, -0.05) is 0 Å². The van der Waals surface area contributed by atoms with Crippen LogP contribution in [0.2, 0.25) is 5.82 Å². The molecule has 1 saturated heterocycles. The first-order valence-corrected chi connectivity index (χ1v) is 12.0. The number of rotatable bonds is 2. The molecule has 4 rings (SSSR count). The topological polar surface area (TPSA) is 6.48 Å². The molecule has 0 aliphatic carbocycles. The molecule has 0 N–H and O–H groups in total. The van der Waals surface area contributed by atoms with Crippen LogP contribution in [0.1, 0.15) is 17.2 Å². The molecule has 1 unspecified atom stereocenters. The van der Waals surface area contributed by atoms with E-state index >= 15 is 0 Å². The van der Waals surface area contributed by atoms with Gasteiger partial charge in [0.1, 0.15) is 0 Å². The van der Waals surface area contributed by atoms with Crippen LogP contribution in [-0.4, -0.2) is 58.0 Å². The monoisotopic (exact) mass is 404 g/mol. The second kappa shape index (κ2) is 7.23. The molecule has 2 heterocycles. The van der Waals surface area contributed by atoms with Gasteiger partial charge in [0.25, 0.3) is 0 Å². The van der Waals surface area contributed by atoms with Crippen LogP contribution in [0, 0.1) is 0 Å². The van der Waals surface area contributed by atoms with Gasteiger partial charge < -0.3 is 0 Å². The van der Waals surface area contributed by atoms with Crippen molar-refractivity contribution < 1.29 is 0 Å². The van der Waals surface area contributed by atoms with E-state index in [0.717, 1.165) is 6.42 Å². The predicted molar refractivity (Wildman–Crippen MR) is 104 cm³/mol. The first kappa shape index (κ1) is 16.7. The number of hydrogen-bond donors (Lipinski definition) is 0. The van der Waals surface area contributed by atoms with Crippen molar-refractivity contribution in [3.8, 4) is 0 Å². The van der Waals surface area contributed by atoms with E-state index in [-0.39, 0.29) is 0 Å². The van der Waals surface area contributed by atoms with Crippen LogP contribution in [0.15, 0.2) is 52.3 Å². The molecule has 0 spiro atoms. The van der Waals surface area contributed by atoms with Crippen LogP contribution < -0.4 is 4.46 Å². The van der Waals surface area contributed by atoms with Gasteiger partial charge in [-0.3, -0.25) is 0 Å². The second-order valence-corrected chi connectivity index (χ2v) is 9.60. The molecule has 2 aromatic carbocycles. The summed E-state index contributed by atoms with van der Waals surface area (Å²) in [5, 5.41) is 0. The van der Waals surface area contributed by atoms with Crippen molar-refractivity contribution in [2.45, 2.75) is 28.1 Å². The van der Waals surface area contributed by atoms with Crippen LogP contribution in [-0.2, 0) is 6.42 Å². The molecule has 2 aromatic rings. The number of nitrogens with zero attached hydrogens (tertiary/aromatic N) is 2. The maximum atomic E-state index is 2.72. The first-order valence-electron chi connectivity index (χ1n) is 8.61. The third-order valence-corrected chi connectivity index (χ3v) is 7.89. The maximum absolute atomic E-state index is 2.72. The Labute approximate surface area is 155 Å². The van der Waals surface area contributed by atoms with Crippen molar-refractivity contribution in [1.82, 2.24) is 9.80 Å². The summed E-state index contributed by atoms with van der Waals surface area (Å²) in [7, 11) is 2.24. The zero-order valence-electron chi connectivity index (χ0n) is 14.4. The van der Waals surface area contributed by atoms with Gasteiger partial charge in [-0.15, -0.1) is 0 Å². The van der Waals surface area contributed by atoms with Gasteiger partial charge >= 0.3 is 156 Å². The Balaban J connectivity index is 1.76. The average Bonchev–Trinajstić information content (AvgIpc) is 2.78. The van der Waals surface area contributed by atoms with E-state index in [1.54, 1.807) is 5.56 Å². The number of benzene rings is 2. The molecule has 2 aliphatic heterocycles. The van der Waals surface area contributed by atoms with Crippen LogP contribution in [0.5, 0.6) is 0 Å². The molecule has 0 radical (unpaired) electrons. The zero-order valence-corrected chi connectivity index (χ0v) is 16.9. The molecular weight excluding hydrogens is 379 g/mol. The number of piperazine rings is 1. The van der Waals surface area contributed by atoms with Crippen molar-refractivity contribution in [3.05, 3.63) is 53.6 Å². The molecule has 0 bridgehead atoms. The van der Waals surface area contributed by atoms with Crippen molar-refractivity contribution in [3.63, 3.8) is 0 Å². The summed E-state index contributed by atoms with van der Waals surface area (Å²) in [6, 6.07) is 16.7. The Hall–Kier alpha value is -0.771. The molecule has 2 aliphatic rings. The summed E-state index contributed by atoms with van der Waals surface area (Å²) in [6.45, 7) is 4.71. The molecule has 24 heavy (non-hydrogen) atoms. The SMILES string of the molecule is C[Se]c1ccc2c(c1)C(N1CCN(C)CC1)Cc1ccccc1S2. The third kappa shape index (κ3) is 3.31. The molecule has 4 heteroatoms. The molecular formula is C20H24N2SSe. The van der Waals surface area contributed by atoms with Gasteiger partial charge in [-0.2, -0.15) is 0 Å². The minimum absolute atomic E-state index is 0.521. The Morgan fingerprint density at radius 2 is 1.79 bits per heavy atom. The van der Waals surface area contributed by atoms with Gasteiger partial charge in [0, 0.05) is 0 Å². The standard InChI is InChI=1S/C20H24N2SSe/c1-21-9-11-22(12-10-21)18-13-15-5-3-4-6-19(15)23-20-8-7-16(24-2)14-17(18)20/h3-8,14,18H,9-13H2,1-2H3. The van der Waals surface area contributed by atoms with E-state index in [9.17, 15) is 0 Å².